The predicted octanol–water partition coefficient (Wildman–Crippen LogP) is 1.63. The molecule has 1 saturated heterocycles. The third-order valence-corrected chi connectivity index (χ3v) is 5.84. The Hall–Kier alpha value is -1.05. The van der Waals surface area contributed by atoms with E-state index in [0.29, 0.717) is 6.42 Å². The minimum atomic E-state index is -3.68. The summed E-state index contributed by atoms with van der Waals surface area (Å²) in [5, 5.41) is 0. The highest BCUT2D eigenvalue weighted by atomic mass is 32.2. The first-order valence-corrected chi connectivity index (χ1v) is 10.2. The van der Waals surface area contributed by atoms with Gasteiger partial charge < -0.3 is 4.90 Å². The largest absolute Gasteiger partial charge is 0.341 e. The van der Waals surface area contributed by atoms with Gasteiger partial charge in [-0.2, -0.15) is 16.5 Å². The van der Waals surface area contributed by atoms with Gasteiger partial charge in [0.05, 0.1) is 4.90 Å². The number of aryl methyl sites for hydroxylation is 1. The third kappa shape index (κ3) is 4.24. The van der Waals surface area contributed by atoms with Crippen molar-refractivity contribution in [1.29, 1.82) is 0 Å². The molecular weight excluding hydrogens is 320 g/mol. The van der Waals surface area contributed by atoms with Crippen molar-refractivity contribution in [3.05, 3.63) is 29.8 Å². The van der Waals surface area contributed by atoms with Gasteiger partial charge in [0.1, 0.15) is 6.04 Å². The van der Waals surface area contributed by atoms with Crippen LogP contribution in [0.25, 0.3) is 0 Å². The lowest BCUT2D eigenvalue weighted by molar-refractivity contribution is -0.136. The Morgan fingerprint density at radius 2 is 1.95 bits per heavy atom. The van der Waals surface area contributed by atoms with E-state index in [9.17, 15) is 13.2 Å². The highest BCUT2D eigenvalue weighted by Crippen LogP contribution is 2.15. The Balaban J connectivity index is 2.13. The number of amides is 1. The normalized spacial score (nSPS) is 16.2. The number of rotatable bonds is 7. The molecule has 1 unspecified atom stereocenters. The second-order valence-electron chi connectivity index (χ2n) is 5.45. The summed E-state index contributed by atoms with van der Waals surface area (Å²) in [6.07, 6.45) is 3.44. The van der Waals surface area contributed by atoms with Gasteiger partial charge in [0.25, 0.3) is 0 Å². The molecule has 122 valence electrons. The van der Waals surface area contributed by atoms with Gasteiger partial charge in [0.2, 0.25) is 15.9 Å². The van der Waals surface area contributed by atoms with Gasteiger partial charge in [0, 0.05) is 13.1 Å². The van der Waals surface area contributed by atoms with Crippen LogP contribution in [0.15, 0.2) is 29.2 Å². The SMILES string of the molecule is CSCCC(NS(=O)(=O)c1ccc(C)cc1)C(=O)N1CCC1. The summed E-state index contributed by atoms with van der Waals surface area (Å²) in [5.74, 6) is 0.622. The molecule has 1 amide bonds. The first-order chi connectivity index (χ1) is 10.4. The lowest BCUT2D eigenvalue weighted by Gasteiger charge is -2.34. The minimum absolute atomic E-state index is 0.115. The van der Waals surface area contributed by atoms with Crippen molar-refractivity contribution in [2.75, 3.05) is 25.1 Å². The molecule has 0 bridgehead atoms. The zero-order valence-electron chi connectivity index (χ0n) is 12.9. The zero-order valence-corrected chi connectivity index (χ0v) is 14.5. The molecule has 1 aliphatic rings. The molecule has 0 saturated carbocycles. The highest BCUT2D eigenvalue weighted by Gasteiger charge is 2.31. The van der Waals surface area contributed by atoms with Crippen LogP contribution in [0.3, 0.4) is 0 Å². The Morgan fingerprint density at radius 1 is 1.32 bits per heavy atom. The van der Waals surface area contributed by atoms with Crippen LogP contribution < -0.4 is 4.72 Å². The second-order valence-corrected chi connectivity index (χ2v) is 8.15. The summed E-state index contributed by atoms with van der Waals surface area (Å²) in [6, 6.07) is 5.96. The summed E-state index contributed by atoms with van der Waals surface area (Å²) in [6.45, 7) is 3.35. The van der Waals surface area contributed by atoms with Gasteiger partial charge >= 0.3 is 0 Å². The molecule has 0 radical (unpaired) electrons. The summed E-state index contributed by atoms with van der Waals surface area (Å²) in [7, 11) is -3.68. The quantitative estimate of drug-likeness (QED) is 0.818. The van der Waals surface area contributed by atoms with Gasteiger partial charge in [-0.25, -0.2) is 8.42 Å². The molecule has 5 nitrogen and oxygen atoms in total. The van der Waals surface area contributed by atoms with Crippen molar-refractivity contribution in [2.24, 2.45) is 0 Å². The monoisotopic (exact) mass is 342 g/mol. The number of nitrogens with one attached hydrogen (secondary N) is 1. The van der Waals surface area contributed by atoms with Crippen molar-refractivity contribution < 1.29 is 13.2 Å². The lowest BCUT2D eigenvalue weighted by atomic mass is 10.1. The van der Waals surface area contributed by atoms with Gasteiger partial charge in [-0.3, -0.25) is 4.79 Å². The first kappa shape index (κ1) is 17.3. The molecule has 2 rings (SSSR count). The van der Waals surface area contributed by atoms with Gasteiger partial charge in [-0.15, -0.1) is 0 Å². The predicted molar refractivity (Wildman–Crippen MR) is 89.5 cm³/mol. The van der Waals surface area contributed by atoms with Crippen LogP contribution in [0.1, 0.15) is 18.4 Å². The number of carbonyl (C=O) groups is 1. The fourth-order valence-electron chi connectivity index (χ4n) is 2.20. The number of nitrogens with zero attached hydrogens (tertiary/aromatic N) is 1. The van der Waals surface area contributed by atoms with Crippen molar-refractivity contribution in [1.82, 2.24) is 9.62 Å². The molecule has 0 spiro atoms. The smallest absolute Gasteiger partial charge is 0.241 e. The summed E-state index contributed by atoms with van der Waals surface area (Å²) < 4.78 is 27.5. The number of benzene rings is 1. The van der Waals surface area contributed by atoms with Crippen LogP contribution in [0.5, 0.6) is 0 Å². The van der Waals surface area contributed by atoms with E-state index in [-0.39, 0.29) is 10.8 Å². The topological polar surface area (TPSA) is 66.5 Å². The fraction of sp³-hybridized carbons (Fsp3) is 0.533. The second kappa shape index (κ2) is 7.48. The van der Waals surface area contributed by atoms with Crippen molar-refractivity contribution in [3.8, 4) is 0 Å². The van der Waals surface area contributed by atoms with E-state index in [0.717, 1.165) is 30.8 Å². The average molecular weight is 342 g/mol. The maximum atomic E-state index is 12.5. The molecule has 1 fully saturated rings. The van der Waals surface area contributed by atoms with E-state index in [4.69, 9.17) is 0 Å². The van der Waals surface area contributed by atoms with Crippen molar-refractivity contribution in [3.63, 3.8) is 0 Å². The minimum Gasteiger partial charge on any atom is -0.341 e. The maximum Gasteiger partial charge on any atom is 0.241 e. The summed E-state index contributed by atoms with van der Waals surface area (Å²) in [4.78, 5) is 14.3. The number of hydrogen-bond donors (Lipinski definition) is 1. The molecule has 1 aliphatic heterocycles. The van der Waals surface area contributed by atoms with Crippen LogP contribution in [0.4, 0.5) is 0 Å². The third-order valence-electron chi connectivity index (χ3n) is 3.71. The van der Waals surface area contributed by atoms with Gasteiger partial charge in [-0.05, 0) is 43.9 Å². The fourth-order valence-corrected chi connectivity index (χ4v) is 3.89. The number of hydrogen-bond acceptors (Lipinski definition) is 4. The first-order valence-electron chi connectivity index (χ1n) is 7.31. The maximum absolute atomic E-state index is 12.5. The Bertz CT molecular complexity index is 610. The van der Waals surface area contributed by atoms with E-state index in [1.807, 2.05) is 13.2 Å². The van der Waals surface area contributed by atoms with Crippen LogP contribution in [-0.4, -0.2) is 50.4 Å². The van der Waals surface area contributed by atoms with E-state index >= 15 is 0 Å². The molecule has 0 aliphatic carbocycles. The summed E-state index contributed by atoms with van der Waals surface area (Å²) in [5.41, 5.74) is 0.995. The van der Waals surface area contributed by atoms with Gasteiger partial charge in [-0.1, -0.05) is 17.7 Å². The molecule has 1 aromatic carbocycles. The number of likely N-dealkylation sites (tertiary alicyclic amines) is 1. The number of sulfonamides is 1. The van der Waals surface area contributed by atoms with Crippen LogP contribution in [0, 0.1) is 6.92 Å². The van der Waals surface area contributed by atoms with Crippen LogP contribution in [0.2, 0.25) is 0 Å². The van der Waals surface area contributed by atoms with E-state index < -0.39 is 16.1 Å². The standard InChI is InChI=1S/C15H22N2O3S2/c1-12-4-6-13(7-5-12)22(19,20)16-14(8-11-21-2)15(18)17-9-3-10-17/h4-7,14,16H,3,8-11H2,1-2H3. The summed E-state index contributed by atoms with van der Waals surface area (Å²) >= 11 is 1.60. The number of thioether (sulfide) groups is 1. The average Bonchev–Trinajstić information content (AvgIpc) is 2.42. The molecule has 1 N–H and O–H groups in total. The zero-order chi connectivity index (χ0) is 16.2. The van der Waals surface area contributed by atoms with Crippen molar-refractivity contribution in [2.45, 2.75) is 30.7 Å². The molecule has 22 heavy (non-hydrogen) atoms. The molecule has 0 aromatic heterocycles. The van der Waals surface area contributed by atoms with Gasteiger partial charge in [0.15, 0.2) is 0 Å². The van der Waals surface area contributed by atoms with Crippen LogP contribution >= 0.6 is 11.8 Å². The Kier molecular flexibility index (Phi) is 5.88. The highest BCUT2D eigenvalue weighted by molar-refractivity contribution is 7.98. The molecule has 1 aromatic rings. The Labute approximate surface area is 136 Å². The lowest BCUT2D eigenvalue weighted by Crippen LogP contribution is -2.53. The Morgan fingerprint density at radius 3 is 2.45 bits per heavy atom. The molecule has 1 heterocycles. The van der Waals surface area contributed by atoms with Crippen LogP contribution in [-0.2, 0) is 14.8 Å². The van der Waals surface area contributed by atoms with E-state index in [2.05, 4.69) is 4.72 Å². The van der Waals surface area contributed by atoms with E-state index in [1.165, 1.54) is 0 Å². The molecular formula is C15H22N2O3S2. The number of carbonyl (C=O) groups excluding carboxylic acids is 1. The van der Waals surface area contributed by atoms with Crippen molar-refractivity contribution >= 4 is 27.7 Å². The van der Waals surface area contributed by atoms with E-state index in [1.54, 1.807) is 40.9 Å². The molecule has 1 atom stereocenters. The molecule has 7 heteroatoms.